The van der Waals surface area contributed by atoms with E-state index in [1.54, 1.807) is 0 Å². The Bertz CT molecular complexity index is 606. The van der Waals surface area contributed by atoms with Crippen LogP contribution in [0.1, 0.15) is 27.7 Å². The highest BCUT2D eigenvalue weighted by molar-refractivity contribution is 7.27. The van der Waals surface area contributed by atoms with Crippen LogP contribution in [0.5, 0.6) is 11.5 Å². The molecule has 0 saturated carbocycles. The van der Waals surface area contributed by atoms with E-state index in [9.17, 15) is 0 Å². The molecular formula is C18H23O2P. The van der Waals surface area contributed by atoms with E-state index in [0.29, 0.717) is 0 Å². The Morgan fingerprint density at radius 3 is 2.05 bits per heavy atom. The molecule has 2 rings (SSSR count). The normalized spacial score (nSPS) is 11.0. The summed E-state index contributed by atoms with van der Waals surface area (Å²) in [7, 11) is 2.75. The summed E-state index contributed by atoms with van der Waals surface area (Å²) in [6, 6.07) is 14.3. The van der Waals surface area contributed by atoms with Crippen LogP contribution >= 0.6 is 9.24 Å². The quantitative estimate of drug-likeness (QED) is 0.761. The van der Waals surface area contributed by atoms with Gasteiger partial charge in [-0.05, 0) is 33.8 Å². The average Bonchev–Trinajstić information content (AvgIpc) is 2.41. The van der Waals surface area contributed by atoms with Crippen molar-refractivity contribution in [2.75, 3.05) is 0 Å². The van der Waals surface area contributed by atoms with Gasteiger partial charge in [0.1, 0.15) is 11.5 Å². The highest BCUT2D eigenvalue weighted by Gasteiger charge is 2.15. The topological polar surface area (TPSA) is 18.5 Å². The maximum absolute atomic E-state index is 6.01. The second-order valence-electron chi connectivity index (χ2n) is 5.55. The van der Waals surface area contributed by atoms with Crippen molar-refractivity contribution in [3.63, 3.8) is 0 Å². The minimum atomic E-state index is 0.128. The highest BCUT2D eigenvalue weighted by atomic mass is 31.0. The molecule has 0 amide bonds. The van der Waals surface area contributed by atoms with Gasteiger partial charge < -0.3 is 9.47 Å². The minimum absolute atomic E-state index is 0.128. The summed E-state index contributed by atoms with van der Waals surface area (Å²) in [6.07, 6.45) is 0.267. The third-order valence-corrected chi connectivity index (χ3v) is 3.39. The lowest BCUT2D eigenvalue weighted by Gasteiger charge is -2.19. The van der Waals surface area contributed by atoms with Crippen LogP contribution in [0.15, 0.2) is 42.5 Å². The summed E-state index contributed by atoms with van der Waals surface area (Å²) < 4.78 is 12.0. The molecule has 0 N–H and O–H groups in total. The van der Waals surface area contributed by atoms with Gasteiger partial charge >= 0.3 is 0 Å². The van der Waals surface area contributed by atoms with Gasteiger partial charge in [0.2, 0.25) is 0 Å². The molecule has 2 nitrogen and oxygen atoms in total. The van der Waals surface area contributed by atoms with E-state index < -0.39 is 0 Å². The lowest BCUT2D eigenvalue weighted by Crippen LogP contribution is -2.12. The Morgan fingerprint density at radius 1 is 0.762 bits per heavy atom. The van der Waals surface area contributed by atoms with Crippen LogP contribution < -0.4 is 14.8 Å². The second-order valence-corrected chi connectivity index (χ2v) is 6.18. The molecule has 0 aromatic heterocycles. The fraction of sp³-hybridized carbons (Fsp3) is 0.333. The largest absolute Gasteiger partial charge is 0.490 e. The third-order valence-electron chi connectivity index (χ3n) is 2.94. The summed E-state index contributed by atoms with van der Waals surface area (Å²) in [6.45, 7) is 8.15. The van der Waals surface area contributed by atoms with Crippen molar-refractivity contribution >= 4 is 14.5 Å². The Hall–Kier alpha value is -1.53. The molecule has 0 saturated heterocycles. The Kier molecular flexibility index (Phi) is 5.25. The molecule has 1 atom stereocenters. The van der Waals surface area contributed by atoms with Gasteiger partial charge in [0.15, 0.2) is 0 Å². The van der Waals surface area contributed by atoms with Gasteiger partial charge in [0.05, 0.1) is 12.2 Å². The first-order chi connectivity index (χ1) is 9.99. The molecule has 2 aromatic carbocycles. The zero-order valence-electron chi connectivity index (χ0n) is 13.1. The molecule has 1 unspecified atom stereocenters. The zero-order chi connectivity index (χ0) is 15.4. The van der Waals surface area contributed by atoms with Crippen LogP contribution in [0.2, 0.25) is 0 Å². The summed E-state index contributed by atoms with van der Waals surface area (Å²) in [5.74, 6) is 1.79. The molecule has 2 aromatic rings. The van der Waals surface area contributed by atoms with Crippen molar-refractivity contribution in [1.29, 1.82) is 0 Å². The summed E-state index contributed by atoms with van der Waals surface area (Å²) in [5.41, 5.74) is 2.12. The van der Waals surface area contributed by atoms with Gasteiger partial charge in [-0.2, -0.15) is 0 Å². The van der Waals surface area contributed by atoms with E-state index in [1.165, 1.54) is 0 Å². The van der Waals surface area contributed by atoms with Crippen molar-refractivity contribution in [3.05, 3.63) is 42.5 Å². The standard InChI is InChI=1S/C18H23O2P/c1-12(2)19-16-10-6-5-8-14(16)15-9-7-11-17(21)18(15)20-13(3)4/h5-13H,21H2,1-4H3. The van der Waals surface area contributed by atoms with E-state index in [-0.39, 0.29) is 12.2 Å². The molecule has 0 aliphatic rings. The lowest BCUT2D eigenvalue weighted by molar-refractivity contribution is 0.240. The van der Waals surface area contributed by atoms with Gasteiger partial charge in [0, 0.05) is 16.4 Å². The van der Waals surface area contributed by atoms with E-state index in [4.69, 9.17) is 9.47 Å². The molecule has 0 bridgehead atoms. The zero-order valence-corrected chi connectivity index (χ0v) is 14.2. The van der Waals surface area contributed by atoms with Gasteiger partial charge in [-0.25, -0.2) is 0 Å². The van der Waals surface area contributed by atoms with E-state index >= 15 is 0 Å². The first-order valence-corrected chi connectivity index (χ1v) is 7.88. The number of hydrogen-bond donors (Lipinski definition) is 0. The SMILES string of the molecule is CC(C)Oc1ccccc1-c1cccc(P)c1OC(C)C. The van der Waals surface area contributed by atoms with Crippen molar-refractivity contribution in [2.24, 2.45) is 0 Å². The van der Waals surface area contributed by atoms with E-state index in [2.05, 4.69) is 21.4 Å². The lowest BCUT2D eigenvalue weighted by atomic mass is 10.0. The first kappa shape index (κ1) is 15.9. The molecular weight excluding hydrogens is 279 g/mol. The molecule has 0 heterocycles. The summed E-state index contributed by atoms with van der Waals surface area (Å²) >= 11 is 0. The smallest absolute Gasteiger partial charge is 0.134 e. The van der Waals surface area contributed by atoms with Crippen molar-refractivity contribution in [3.8, 4) is 22.6 Å². The van der Waals surface area contributed by atoms with Crippen LogP contribution in [0.4, 0.5) is 0 Å². The van der Waals surface area contributed by atoms with Crippen molar-refractivity contribution < 1.29 is 9.47 Å². The number of ether oxygens (including phenoxy) is 2. The molecule has 0 radical (unpaired) electrons. The Balaban J connectivity index is 2.54. The fourth-order valence-electron chi connectivity index (χ4n) is 2.18. The maximum atomic E-state index is 6.01. The van der Waals surface area contributed by atoms with Crippen molar-refractivity contribution in [1.82, 2.24) is 0 Å². The Morgan fingerprint density at radius 2 is 1.38 bits per heavy atom. The van der Waals surface area contributed by atoms with Crippen molar-refractivity contribution in [2.45, 2.75) is 39.9 Å². The van der Waals surface area contributed by atoms with E-state index in [0.717, 1.165) is 27.9 Å². The van der Waals surface area contributed by atoms with Gasteiger partial charge in [-0.1, -0.05) is 36.4 Å². The van der Waals surface area contributed by atoms with Gasteiger partial charge in [0.25, 0.3) is 0 Å². The van der Waals surface area contributed by atoms with Gasteiger partial charge in [-0.15, -0.1) is 9.24 Å². The number of para-hydroxylation sites is 2. The monoisotopic (exact) mass is 302 g/mol. The molecule has 0 aliphatic heterocycles. The molecule has 0 fully saturated rings. The third kappa shape index (κ3) is 3.98. The molecule has 0 aliphatic carbocycles. The second kappa shape index (κ2) is 6.95. The van der Waals surface area contributed by atoms with Crippen LogP contribution in [0.25, 0.3) is 11.1 Å². The number of benzene rings is 2. The number of hydrogen-bond acceptors (Lipinski definition) is 2. The Labute approximate surface area is 129 Å². The van der Waals surface area contributed by atoms with E-state index in [1.807, 2.05) is 58.0 Å². The van der Waals surface area contributed by atoms with Crippen LogP contribution in [-0.2, 0) is 0 Å². The van der Waals surface area contributed by atoms with Crippen LogP contribution in [0.3, 0.4) is 0 Å². The molecule has 3 heteroatoms. The maximum Gasteiger partial charge on any atom is 0.134 e. The van der Waals surface area contributed by atoms with Gasteiger partial charge in [-0.3, -0.25) is 0 Å². The summed E-state index contributed by atoms with van der Waals surface area (Å²) in [5, 5.41) is 1.06. The minimum Gasteiger partial charge on any atom is -0.490 e. The number of rotatable bonds is 5. The van der Waals surface area contributed by atoms with Crippen LogP contribution in [-0.4, -0.2) is 12.2 Å². The summed E-state index contributed by atoms with van der Waals surface area (Å²) in [4.78, 5) is 0. The molecule has 112 valence electrons. The highest BCUT2D eigenvalue weighted by Crippen LogP contribution is 2.36. The predicted molar refractivity (Wildman–Crippen MR) is 92.8 cm³/mol. The first-order valence-electron chi connectivity index (χ1n) is 7.30. The molecule has 0 spiro atoms. The average molecular weight is 302 g/mol. The van der Waals surface area contributed by atoms with Crippen LogP contribution in [0, 0.1) is 0 Å². The fourth-order valence-corrected chi connectivity index (χ4v) is 2.51. The predicted octanol–water partition coefficient (Wildman–Crippen LogP) is 4.43. The molecule has 21 heavy (non-hydrogen) atoms.